The van der Waals surface area contributed by atoms with Gasteiger partial charge >= 0.3 is 17.9 Å². The molecule has 2 aromatic rings. The number of hydrogen-bond donors (Lipinski definition) is 2. The minimum Gasteiger partial charge on any atom is -0.444 e. The number of nitrogens with one attached hydrogen (secondary N) is 2. The van der Waals surface area contributed by atoms with Gasteiger partial charge in [0.1, 0.15) is 11.4 Å². The summed E-state index contributed by atoms with van der Waals surface area (Å²) in [5, 5.41) is 5.24. The third kappa shape index (κ3) is 6.79. The second-order valence-corrected chi connectivity index (χ2v) is 10.6. The molecule has 1 saturated heterocycles. The number of halogens is 1. The summed E-state index contributed by atoms with van der Waals surface area (Å²) in [5.74, 6) is -0.672. The first-order valence-corrected chi connectivity index (χ1v) is 12.1. The molecule has 3 amide bonds. The smallest absolute Gasteiger partial charge is 0.413 e. The fraction of sp³-hybridized carbons (Fsp3) is 0.440. The number of nitrogens with zero attached hydrogens (tertiary/aromatic N) is 2. The van der Waals surface area contributed by atoms with Gasteiger partial charge in [-0.1, -0.05) is 35.0 Å². The Morgan fingerprint density at radius 2 is 1.88 bits per heavy atom. The number of likely N-dealkylation sites (tertiary alicyclic amines) is 1. The highest BCUT2D eigenvalue weighted by Crippen LogP contribution is 2.34. The Kier molecular flexibility index (Phi) is 7.97. The molecule has 1 aromatic heterocycles. The zero-order chi connectivity index (χ0) is 25.0. The minimum absolute atomic E-state index is 0.160. The van der Waals surface area contributed by atoms with Crippen molar-refractivity contribution in [2.24, 2.45) is 5.92 Å². The number of carbonyl (C=O) groups is 3. The van der Waals surface area contributed by atoms with Gasteiger partial charge in [-0.3, -0.25) is 14.9 Å². The van der Waals surface area contributed by atoms with Crippen molar-refractivity contribution < 1.29 is 19.1 Å². The SMILES string of the molecule is Cc1cc(NC(=O)C(=O)N2C[C@H](C)CC[C@H]2c2cccc(Br)c2)cnc1NC(=O)OC(C)(C)C. The number of benzene rings is 1. The lowest BCUT2D eigenvalue weighted by atomic mass is 9.90. The second kappa shape index (κ2) is 10.5. The summed E-state index contributed by atoms with van der Waals surface area (Å²) in [4.78, 5) is 43.9. The predicted octanol–water partition coefficient (Wildman–Crippen LogP) is 5.44. The molecule has 9 heteroatoms. The topological polar surface area (TPSA) is 101 Å². The normalized spacial score (nSPS) is 18.2. The van der Waals surface area contributed by atoms with Crippen LogP contribution in [0, 0.1) is 12.8 Å². The number of ether oxygens (including phenoxy) is 1. The molecule has 0 unspecified atom stereocenters. The number of pyridine rings is 1. The molecule has 8 nitrogen and oxygen atoms in total. The molecule has 1 fully saturated rings. The summed E-state index contributed by atoms with van der Waals surface area (Å²) < 4.78 is 6.17. The Hall–Kier alpha value is -2.94. The van der Waals surface area contributed by atoms with Gasteiger partial charge in [0, 0.05) is 11.0 Å². The van der Waals surface area contributed by atoms with E-state index >= 15 is 0 Å². The Labute approximate surface area is 208 Å². The van der Waals surface area contributed by atoms with Gasteiger partial charge in [0.15, 0.2) is 0 Å². The third-order valence-corrected chi connectivity index (χ3v) is 5.95. The molecular formula is C25H31BrN4O4. The van der Waals surface area contributed by atoms with Gasteiger partial charge in [0.25, 0.3) is 0 Å². The minimum atomic E-state index is -0.719. The Balaban J connectivity index is 1.70. The van der Waals surface area contributed by atoms with E-state index in [9.17, 15) is 14.4 Å². The average Bonchev–Trinajstić information content (AvgIpc) is 2.73. The van der Waals surface area contributed by atoms with Gasteiger partial charge in [-0.15, -0.1) is 0 Å². The Morgan fingerprint density at radius 1 is 1.15 bits per heavy atom. The van der Waals surface area contributed by atoms with Crippen molar-refractivity contribution in [1.29, 1.82) is 0 Å². The van der Waals surface area contributed by atoms with Crippen LogP contribution in [0.2, 0.25) is 0 Å². The standard InChI is InChI=1S/C25H31BrN4O4/c1-15-9-10-20(17-7-6-8-18(26)12-17)30(14-15)23(32)22(31)28-19-11-16(2)21(27-13-19)29-24(33)34-25(3,4)5/h6-8,11-13,15,20H,9-10,14H2,1-5H3,(H,28,31)(H,27,29,33)/t15-,20+/m1/s1. The van der Waals surface area contributed by atoms with Crippen LogP contribution in [0.4, 0.5) is 16.3 Å². The van der Waals surface area contributed by atoms with E-state index in [1.165, 1.54) is 6.20 Å². The maximum absolute atomic E-state index is 13.2. The van der Waals surface area contributed by atoms with Gasteiger partial charge in [-0.2, -0.15) is 0 Å². The lowest BCUT2D eigenvalue weighted by molar-refractivity contribution is -0.146. The van der Waals surface area contributed by atoms with E-state index in [0.29, 0.717) is 29.5 Å². The fourth-order valence-corrected chi connectivity index (χ4v) is 4.34. The van der Waals surface area contributed by atoms with Gasteiger partial charge in [-0.05, 0) is 75.8 Å². The Bertz CT molecular complexity index is 1080. The van der Waals surface area contributed by atoms with Gasteiger partial charge in [0.05, 0.1) is 17.9 Å². The third-order valence-electron chi connectivity index (χ3n) is 5.46. The molecule has 0 saturated carbocycles. The summed E-state index contributed by atoms with van der Waals surface area (Å²) >= 11 is 3.49. The molecule has 1 aliphatic heterocycles. The number of aryl methyl sites for hydroxylation is 1. The molecule has 1 aliphatic rings. The van der Waals surface area contributed by atoms with Crippen LogP contribution in [0.25, 0.3) is 0 Å². The van der Waals surface area contributed by atoms with Crippen LogP contribution in [0.15, 0.2) is 41.0 Å². The lowest BCUT2D eigenvalue weighted by Gasteiger charge is -2.38. The number of hydrogen-bond acceptors (Lipinski definition) is 5. The number of anilines is 2. The molecular weight excluding hydrogens is 500 g/mol. The molecule has 2 atom stereocenters. The van der Waals surface area contributed by atoms with E-state index in [1.807, 2.05) is 24.3 Å². The summed E-state index contributed by atoms with van der Waals surface area (Å²) in [5.41, 5.74) is 1.35. The van der Waals surface area contributed by atoms with E-state index < -0.39 is 23.5 Å². The number of piperidine rings is 1. The highest BCUT2D eigenvalue weighted by molar-refractivity contribution is 9.10. The van der Waals surface area contributed by atoms with Crippen molar-refractivity contribution >= 4 is 45.3 Å². The molecule has 1 aromatic carbocycles. The van der Waals surface area contributed by atoms with Crippen LogP contribution in [-0.4, -0.2) is 39.9 Å². The first kappa shape index (κ1) is 25.7. The monoisotopic (exact) mass is 530 g/mol. The van der Waals surface area contributed by atoms with Crippen molar-refractivity contribution in [3.8, 4) is 0 Å². The second-order valence-electron chi connectivity index (χ2n) is 9.68. The molecule has 0 aliphatic carbocycles. The number of carbonyl (C=O) groups excluding carboxylic acids is 3. The highest BCUT2D eigenvalue weighted by atomic mass is 79.9. The van der Waals surface area contributed by atoms with E-state index in [-0.39, 0.29) is 6.04 Å². The molecule has 0 spiro atoms. The number of rotatable bonds is 3. The molecule has 182 valence electrons. The van der Waals surface area contributed by atoms with E-state index in [0.717, 1.165) is 22.9 Å². The molecule has 3 rings (SSSR count). The fourth-order valence-electron chi connectivity index (χ4n) is 3.93. The first-order chi connectivity index (χ1) is 15.9. The van der Waals surface area contributed by atoms with E-state index in [4.69, 9.17) is 4.74 Å². The number of aromatic nitrogens is 1. The molecule has 0 bridgehead atoms. The van der Waals surface area contributed by atoms with Crippen LogP contribution in [-0.2, 0) is 14.3 Å². The zero-order valence-corrected chi connectivity index (χ0v) is 21.7. The van der Waals surface area contributed by atoms with Crippen molar-refractivity contribution in [2.75, 3.05) is 17.2 Å². The van der Waals surface area contributed by atoms with Gasteiger partial charge in [0.2, 0.25) is 0 Å². The van der Waals surface area contributed by atoms with Crippen LogP contribution in [0.1, 0.15) is 57.7 Å². The predicted molar refractivity (Wildman–Crippen MR) is 134 cm³/mol. The van der Waals surface area contributed by atoms with E-state index in [2.05, 4.69) is 38.5 Å². The van der Waals surface area contributed by atoms with Gasteiger partial charge in [-0.25, -0.2) is 9.78 Å². The van der Waals surface area contributed by atoms with Crippen molar-refractivity contribution in [3.05, 3.63) is 52.1 Å². The molecule has 0 radical (unpaired) electrons. The average molecular weight is 531 g/mol. The lowest BCUT2D eigenvalue weighted by Crippen LogP contribution is -2.46. The summed E-state index contributed by atoms with van der Waals surface area (Å²) in [6.07, 6.45) is 2.56. The molecule has 2 N–H and O–H groups in total. The summed E-state index contributed by atoms with van der Waals surface area (Å²) in [6, 6.07) is 9.32. The van der Waals surface area contributed by atoms with Crippen LogP contribution < -0.4 is 10.6 Å². The van der Waals surface area contributed by atoms with Gasteiger partial charge < -0.3 is 15.0 Å². The largest absolute Gasteiger partial charge is 0.444 e. The van der Waals surface area contributed by atoms with Crippen LogP contribution in [0.5, 0.6) is 0 Å². The summed E-state index contributed by atoms with van der Waals surface area (Å²) in [7, 11) is 0. The van der Waals surface area contributed by atoms with Crippen molar-refractivity contribution in [3.63, 3.8) is 0 Å². The molecule has 2 heterocycles. The Morgan fingerprint density at radius 3 is 2.53 bits per heavy atom. The molecule has 34 heavy (non-hydrogen) atoms. The van der Waals surface area contributed by atoms with E-state index in [1.54, 1.807) is 38.7 Å². The van der Waals surface area contributed by atoms with Crippen LogP contribution >= 0.6 is 15.9 Å². The number of amides is 3. The zero-order valence-electron chi connectivity index (χ0n) is 20.1. The van der Waals surface area contributed by atoms with Crippen molar-refractivity contribution in [2.45, 2.75) is 59.1 Å². The first-order valence-electron chi connectivity index (χ1n) is 11.3. The van der Waals surface area contributed by atoms with Crippen LogP contribution in [0.3, 0.4) is 0 Å². The maximum atomic E-state index is 13.2. The maximum Gasteiger partial charge on any atom is 0.413 e. The quantitative estimate of drug-likeness (QED) is 0.514. The highest BCUT2D eigenvalue weighted by Gasteiger charge is 2.34. The summed E-state index contributed by atoms with van der Waals surface area (Å²) in [6.45, 7) is 9.65. The van der Waals surface area contributed by atoms with Crippen molar-refractivity contribution in [1.82, 2.24) is 9.88 Å².